The fourth-order valence-electron chi connectivity index (χ4n) is 3.55. The van der Waals surface area contributed by atoms with Gasteiger partial charge in [-0.15, -0.1) is 17.7 Å². The van der Waals surface area contributed by atoms with Crippen LogP contribution in [-0.4, -0.2) is 57.3 Å². The van der Waals surface area contributed by atoms with E-state index in [0.717, 1.165) is 10.5 Å². The molecule has 33 heavy (non-hydrogen) atoms. The van der Waals surface area contributed by atoms with Gasteiger partial charge < -0.3 is 4.90 Å². The number of alkyl halides is 3. The van der Waals surface area contributed by atoms with Gasteiger partial charge in [-0.1, -0.05) is 24.3 Å². The molecule has 1 saturated heterocycles. The van der Waals surface area contributed by atoms with E-state index in [1.807, 2.05) is 0 Å². The Hall–Kier alpha value is -2.66. The third-order valence-electron chi connectivity index (χ3n) is 5.42. The largest absolute Gasteiger partial charge is 0.431 e. The summed E-state index contributed by atoms with van der Waals surface area (Å²) < 4.78 is 50.2. The van der Waals surface area contributed by atoms with Crippen molar-refractivity contribution in [3.63, 3.8) is 0 Å². The molecule has 6 nitrogen and oxygen atoms in total. The highest BCUT2D eigenvalue weighted by Crippen LogP contribution is 2.26. The Morgan fingerprint density at radius 2 is 1.67 bits per heavy atom. The van der Waals surface area contributed by atoms with Gasteiger partial charge in [-0.3, -0.25) is 9.11 Å². The Morgan fingerprint density at radius 1 is 1.03 bits per heavy atom. The van der Waals surface area contributed by atoms with Gasteiger partial charge in [0.15, 0.2) is 0 Å². The number of halogens is 3. The molecule has 2 heterocycles. The second-order valence-corrected chi connectivity index (χ2v) is 9.90. The molecule has 2 amide bonds. The third-order valence-corrected chi connectivity index (χ3v) is 7.00. The smallest absolute Gasteiger partial charge is 0.323 e. The lowest BCUT2D eigenvalue weighted by atomic mass is 10.0. The van der Waals surface area contributed by atoms with Crippen molar-refractivity contribution in [1.29, 1.82) is 0 Å². The molecule has 2 aromatic rings. The van der Waals surface area contributed by atoms with Crippen molar-refractivity contribution >= 4 is 46.6 Å². The highest BCUT2D eigenvalue weighted by atomic mass is 32.2. The Balaban J connectivity index is 1.51. The average Bonchev–Trinajstić information content (AvgIpc) is 3.30. The summed E-state index contributed by atoms with van der Waals surface area (Å²) in [5.74, 6) is 0.905. The van der Waals surface area contributed by atoms with E-state index in [4.69, 9.17) is 0 Å². The molecule has 0 saturated carbocycles. The van der Waals surface area contributed by atoms with E-state index in [1.54, 1.807) is 58.3 Å². The summed E-state index contributed by atoms with van der Waals surface area (Å²) in [6, 6.07) is 13.9. The molecule has 2 aromatic carbocycles. The molecule has 0 bridgehead atoms. The number of nitrogens with zero attached hydrogens (tertiary/aromatic N) is 4. The number of carbonyl (C=O) groups excluding carboxylic acids is 1. The van der Waals surface area contributed by atoms with Crippen LogP contribution in [0.15, 0.2) is 63.6 Å². The Bertz CT molecular complexity index is 1110. The molecular weight excluding hydrogens is 473 g/mol. The normalized spacial score (nSPS) is 17.0. The van der Waals surface area contributed by atoms with Gasteiger partial charge in [-0.2, -0.15) is 18.3 Å². The van der Waals surface area contributed by atoms with Crippen LogP contribution < -0.4 is 4.90 Å². The highest BCUT2D eigenvalue weighted by Gasteiger charge is 2.38. The van der Waals surface area contributed by atoms with E-state index in [9.17, 15) is 22.2 Å². The van der Waals surface area contributed by atoms with Gasteiger partial charge in [0.05, 0.1) is 12.3 Å². The van der Waals surface area contributed by atoms with E-state index >= 15 is 0 Å². The average molecular weight is 495 g/mol. The van der Waals surface area contributed by atoms with Crippen LogP contribution in [0.1, 0.15) is 17.5 Å². The van der Waals surface area contributed by atoms with Crippen molar-refractivity contribution in [2.24, 2.45) is 10.2 Å². The van der Waals surface area contributed by atoms with Crippen LogP contribution in [0.4, 0.5) is 23.7 Å². The topological polar surface area (TPSA) is 65.3 Å². The third kappa shape index (κ3) is 5.64. The molecule has 174 valence electrons. The van der Waals surface area contributed by atoms with Crippen molar-refractivity contribution in [1.82, 2.24) is 4.90 Å². The Kier molecular flexibility index (Phi) is 6.89. The van der Waals surface area contributed by atoms with Gasteiger partial charge in [0, 0.05) is 52.4 Å². The van der Waals surface area contributed by atoms with Crippen molar-refractivity contribution in [2.45, 2.75) is 24.0 Å². The first-order valence-electron chi connectivity index (χ1n) is 10.2. The zero-order chi connectivity index (χ0) is 23.6. The molecule has 2 aliphatic heterocycles. The van der Waals surface area contributed by atoms with Crippen LogP contribution in [-0.2, 0) is 17.3 Å². The highest BCUT2D eigenvalue weighted by molar-refractivity contribution is 7.85. The monoisotopic (exact) mass is 494 g/mol. The lowest BCUT2D eigenvalue weighted by Gasteiger charge is -2.33. The summed E-state index contributed by atoms with van der Waals surface area (Å²) in [7, 11) is -0.902. The molecule has 0 N–H and O–H groups in total. The minimum atomic E-state index is -4.49. The first-order valence-corrected chi connectivity index (χ1v) is 12.1. The van der Waals surface area contributed by atoms with E-state index in [1.165, 1.54) is 0 Å². The number of hydrogen-bond acceptors (Lipinski definition) is 5. The van der Waals surface area contributed by atoms with Crippen molar-refractivity contribution in [3.8, 4) is 0 Å². The summed E-state index contributed by atoms with van der Waals surface area (Å²) in [6.07, 6.45) is -4.85. The Morgan fingerprint density at radius 3 is 2.24 bits per heavy atom. The standard InChI is InChI=1S/C22H21F3N4O2S2/c23-22(24,25)20-13-19(26-27-20)16-3-1-15(2-4-16)14-29(17-5-7-18(32)8-6-17)21(30)28-9-11-33(31)12-10-28/h1-8,32H,9-14H2. The maximum Gasteiger partial charge on any atom is 0.431 e. The molecule has 1 fully saturated rings. The van der Waals surface area contributed by atoms with Crippen molar-refractivity contribution < 1.29 is 22.2 Å². The number of amides is 2. The van der Waals surface area contributed by atoms with Gasteiger partial charge >= 0.3 is 12.2 Å². The number of thiol groups is 1. The number of urea groups is 1. The van der Waals surface area contributed by atoms with E-state index < -0.39 is 22.7 Å². The quantitative estimate of drug-likeness (QED) is 0.645. The summed E-state index contributed by atoms with van der Waals surface area (Å²) in [5, 5.41) is 6.93. The van der Waals surface area contributed by atoms with Crippen LogP contribution in [0, 0.1) is 0 Å². The van der Waals surface area contributed by atoms with Crippen molar-refractivity contribution in [3.05, 3.63) is 59.7 Å². The molecule has 11 heteroatoms. The van der Waals surface area contributed by atoms with Gasteiger partial charge in [-0.25, -0.2) is 4.79 Å². The zero-order valence-corrected chi connectivity index (χ0v) is 19.2. The summed E-state index contributed by atoms with van der Waals surface area (Å²) in [4.78, 5) is 17.4. The van der Waals surface area contributed by atoms with Gasteiger partial charge in [0.2, 0.25) is 0 Å². The SMILES string of the molecule is O=C(N1CCS(=O)CC1)N(Cc1ccc(C2=NN=C(C(F)(F)F)C2)cc1)c1ccc(S)cc1. The fourth-order valence-corrected chi connectivity index (χ4v) is 4.75. The Labute approximate surface area is 197 Å². The maximum absolute atomic E-state index is 13.3. The summed E-state index contributed by atoms with van der Waals surface area (Å²) in [5.41, 5.74) is 1.40. The van der Waals surface area contributed by atoms with E-state index in [0.29, 0.717) is 35.8 Å². The number of benzene rings is 2. The maximum atomic E-state index is 13.3. The molecule has 0 radical (unpaired) electrons. The molecule has 0 atom stereocenters. The first-order chi connectivity index (χ1) is 15.7. The molecular formula is C22H21F3N4O2S2. The van der Waals surface area contributed by atoms with E-state index in [2.05, 4.69) is 22.8 Å². The van der Waals surface area contributed by atoms with Gasteiger partial charge in [0.1, 0.15) is 5.71 Å². The molecule has 2 aliphatic rings. The molecule has 0 spiro atoms. The number of hydrogen-bond donors (Lipinski definition) is 1. The summed E-state index contributed by atoms with van der Waals surface area (Å²) in [6.45, 7) is 1.11. The first kappa shape index (κ1) is 23.5. The minimum Gasteiger partial charge on any atom is -0.323 e. The summed E-state index contributed by atoms with van der Waals surface area (Å²) >= 11 is 4.30. The van der Waals surface area contributed by atoms with E-state index in [-0.39, 0.29) is 24.7 Å². The van der Waals surface area contributed by atoms with Gasteiger partial charge in [0.25, 0.3) is 0 Å². The van der Waals surface area contributed by atoms with Crippen LogP contribution in [0.2, 0.25) is 0 Å². The molecule has 0 aliphatic carbocycles. The van der Waals surface area contributed by atoms with Crippen LogP contribution in [0.3, 0.4) is 0 Å². The van der Waals surface area contributed by atoms with Crippen LogP contribution in [0.5, 0.6) is 0 Å². The van der Waals surface area contributed by atoms with Crippen molar-refractivity contribution in [2.75, 3.05) is 29.5 Å². The predicted octanol–water partition coefficient (Wildman–Crippen LogP) is 4.28. The second-order valence-electron chi connectivity index (χ2n) is 7.69. The predicted molar refractivity (Wildman–Crippen MR) is 126 cm³/mol. The molecule has 0 aromatic heterocycles. The lowest BCUT2D eigenvalue weighted by Crippen LogP contribution is -2.48. The zero-order valence-electron chi connectivity index (χ0n) is 17.5. The number of anilines is 1. The molecule has 4 rings (SSSR count). The van der Waals surface area contributed by atoms with Crippen LogP contribution >= 0.6 is 12.6 Å². The second kappa shape index (κ2) is 9.68. The number of rotatable bonds is 4. The number of carbonyl (C=O) groups is 1. The van der Waals surface area contributed by atoms with Gasteiger partial charge in [-0.05, 0) is 35.4 Å². The minimum absolute atomic E-state index is 0.189. The molecule has 0 unspecified atom stereocenters. The fraction of sp³-hybridized carbons (Fsp3) is 0.318. The van der Waals surface area contributed by atoms with Crippen LogP contribution in [0.25, 0.3) is 0 Å². The lowest BCUT2D eigenvalue weighted by molar-refractivity contribution is -0.0596.